The molecule has 0 spiro atoms. The van der Waals surface area contributed by atoms with Crippen molar-refractivity contribution in [3.05, 3.63) is 83.9 Å². The van der Waals surface area contributed by atoms with Gasteiger partial charge in [0.25, 0.3) is 0 Å². The molecule has 0 aliphatic heterocycles. The van der Waals surface area contributed by atoms with Crippen LogP contribution < -0.4 is 5.32 Å². The minimum Gasteiger partial charge on any atom is -0.385 e. The molecule has 0 atom stereocenters. The van der Waals surface area contributed by atoms with Gasteiger partial charge in [0.05, 0.1) is 11.0 Å². The van der Waals surface area contributed by atoms with Gasteiger partial charge in [0.1, 0.15) is 5.82 Å². The molecule has 0 fully saturated rings. The third-order valence-electron chi connectivity index (χ3n) is 4.70. The average molecular weight is 414 g/mol. The molecule has 0 aliphatic rings. The Morgan fingerprint density at radius 1 is 0.893 bits per heavy atom. The van der Waals surface area contributed by atoms with Crippen LogP contribution in [0.1, 0.15) is 17.5 Å². The average Bonchev–Trinajstić information content (AvgIpc) is 3.09. The number of imidazole rings is 1. The summed E-state index contributed by atoms with van der Waals surface area (Å²) in [6.07, 6.45) is 2.20. The highest BCUT2D eigenvalue weighted by Gasteiger charge is 2.07. The van der Waals surface area contributed by atoms with Crippen LogP contribution in [0.4, 0.5) is 5.69 Å². The number of aromatic amines is 1. The lowest BCUT2D eigenvalue weighted by molar-refractivity contribution is 0.863. The second kappa shape index (κ2) is 10.2. The van der Waals surface area contributed by atoms with E-state index in [1.54, 1.807) is 0 Å². The van der Waals surface area contributed by atoms with E-state index in [1.807, 2.05) is 0 Å². The summed E-state index contributed by atoms with van der Waals surface area (Å²) in [4.78, 5) is 8.21. The van der Waals surface area contributed by atoms with Gasteiger partial charge in [-0.2, -0.15) is 0 Å². The molecule has 0 bridgehead atoms. The fourth-order valence-corrected chi connectivity index (χ4v) is 3.25. The van der Waals surface area contributed by atoms with E-state index in [2.05, 4.69) is 90.0 Å². The Balaban J connectivity index is 0.00000140. The van der Waals surface area contributed by atoms with Crippen LogP contribution in [0, 0.1) is 6.92 Å². The van der Waals surface area contributed by atoms with E-state index in [0.29, 0.717) is 0 Å². The topological polar surface area (TPSA) is 40.7 Å². The number of H-pyrrole nitrogens is 1. The maximum absolute atomic E-state index is 4.78. The molecule has 5 heteroatoms. The van der Waals surface area contributed by atoms with Crippen molar-refractivity contribution in [1.82, 2.24) is 9.97 Å². The van der Waals surface area contributed by atoms with E-state index in [1.165, 1.54) is 11.1 Å². The molecule has 3 aromatic carbocycles. The third-order valence-corrected chi connectivity index (χ3v) is 4.70. The minimum absolute atomic E-state index is 0. The second-order valence-corrected chi connectivity index (χ2v) is 6.65. The predicted molar refractivity (Wildman–Crippen MR) is 124 cm³/mol. The summed E-state index contributed by atoms with van der Waals surface area (Å²) in [6, 6.07) is 25.3. The van der Waals surface area contributed by atoms with Crippen LogP contribution in [0.3, 0.4) is 0 Å². The van der Waals surface area contributed by atoms with Gasteiger partial charge >= 0.3 is 0 Å². The van der Waals surface area contributed by atoms with Gasteiger partial charge in [0.15, 0.2) is 0 Å². The molecule has 28 heavy (non-hydrogen) atoms. The molecule has 0 radical (unpaired) electrons. The van der Waals surface area contributed by atoms with Gasteiger partial charge < -0.3 is 10.3 Å². The normalized spacial score (nSPS) is 10.2. The quantitative estimate of drug-likeness (QED) is 0.357. The molecular formula is C23H25Cl2N3. The summed E-state index contributed by atoms with van der Waals surface area (Å²) in [7, 11) is 0. The van der Waals surface area contributed by atoms with Gasteiger partial charge in [0, 0.05) is 17.8 Å². The summed E-state index contributed by atoms with van der Waals surface area (Å²) < 4.78 is 0. The molecule has 1 heterocycles. The molecule has 3 nitrogen and oxygen atoms in total. The number of aryl methyl sites for hydroxylation is 2. The number of benzene rings is 3. The number of halogens is 2. The predicted octanol–water partition coefficient (Wildman–Crippen LogP) is 6.43. The number of nitrogens with zero attached hydrogens (tertiary/aromatic N) is 1. The summed E-state index contributed by atoms with van der Waals surface area (Å²) in [5, 5.41) is 3.51. The van der Waals surface area contributed by atoms with Crippen LogP contribution in [0.2, 0.25) is 0 Å². The monoisotopic (exact) mass is 413 g/mol. The zero-order chi connectivity index (χ0) is 17.8. The first kappa shape index (κ1) is 21.8. The molecule has 4 rings (SSSR count). The molecule has 0 amide bonds. The standard InChI is InChI=1S/C23H23N3.2ClH/c1-17-8-5-6-12-20(17)23-25-21-14-13-19(16-22(21)26-23)24-15-7-11-18-9-3-2-4-10-18;;/h2-6,8-10,12-14,16,24H,7,11,15H2,1H3,(H,25,26);2*1H. The summed E-state index contributed by atoms with van der Waals surface area (Å²) in [5.41, 5.74) is 6.95. The van der Waals surface area contributed by atoms with Gasteiger partial charge in [-0.15, -0.1) is 24.8 Å². The molecule has 0 aliphatic carbocycles. The van der Waals surface area contributed by atoms with E-state index in [9.17, 15) is 0 Å². The van der Waals surface area contributed by atoms with E-state index in [0.717, 1.165) is 47.5 Å². The van der Waals surface area contributed by atoms with Gasteiger partial charge in [-0.1, -0.05) is 54.6 Å². The lowest BCUT2D eigenvalue weighted by Gasteiger charge is -2.06. The van der Waals surface area contributed by atoms with Crippen molar-refractivity contribution >= 4 is 41.5 Å². The molecule has 2 N–H and O–H groups in total. The second-order valence-electron chi connectivity index (χ2n) is 6.65. The van der Waals surface area contributed by atoms with Crippen molar-refractivity contribution in [2.24, 2.45) is 0 Å². The maximum atomic E-state index is 4.78. The molecule has 146 valence electrons. The molecular weight excluding hydrogens is 389 g/mol. The number of fused-ring (bicyclic) bond motifs is 1. The van der Waals surface area contributed by atoms with E-state index in [4.69, 9.17) is 4.98 Å². The van der Waals surface area contributed by atoms with Crippen molar-refractivity contribution in [2.75, 3.05) is 11.9 Å². The Morgan fingerprint density at radius 3 is 2.43 bits per heavy atom. The van der Waals surface area contributed by atoms with Gasteiger partial charge in [-0.3, -0.25) is 0 Å². The SMILES string of the molecule is Cc1ccccc1-c1nc2cc(NCCCc3ccccc3)ccc2[nH]1.Cl.Cl. The molecule has 1 aromatic heterocycles. The highest BCUT2D eigenvalue weighted by Crippen LogP contribution is 2.25. The Morgan fingerprint density at radius 2 is 1.64 bits per heavy atom. The van der Waals surface area contributed by atoms with Crippen LogP contribution >= 0.6 is 24.8 Å². The highest BCUT2D eigenvalue weighted by molar-refractivity contribution is 5.85. The third kappa shape index (κ3) is 5.06. The zero-order valence-corrected chi connectivity index (χ0v) is 17.4. The van der Waals surface area contributed by atoms with Gasteiger partial charge in [-0.25, -0.2) is 4.98 Å². The maximum Gasteiger partial charge on any atom is 0.138 e. The number of hydrogen-bond acceptors (Lipinski definition) is 2. The first-order valence-electron chi connectivity index (χ1n) is 9.13. The summed E-state index contributed by atoms with van der Waals surface area (Å²) in [6.45, 7) is 3.07. The van der Waals surface area contributed by atoms with Crippen molar-refractivity contribution in [3.63, 3.8) is 0 Å². The molecule has 4 aromatic rings. The van der Waals surface area contributed by atoms with Crippen molar-refractivity contribution < 1.29 is 0 Å². The minimum atomic E-state index is 0. The van der Waals surface area contributed by atoms with Gasteiger partial charge in [0.2, 0.25) is 0 Å². The molecule has 0 unspecified atom stereocenters. The number of hydrogen-bond donors (Lipinski definition) is 2. The van der Waals surface area contributed by atoms with Crippen LogP contribution in [-0.2, 0) is 6.42 Å². The lowest BCUT2D eigenvalue weighted by Crippen LogP contribution is -2.02. The highest BCUT2D eigenvalue weighted by atomic mass is 35.5. The van der Waals surface area contributed by atoms with Crippen molar-refractivity contribution in [2.45, 2.75) is 19.8 Å². The Kier molecular flexibility index (Phi) is 7.91. The Bertz CT molecular complexity index is 1010. The lowest BCUT2D eigenvalue weighted by atomic mass is 10.1. The fourth-order valence-electron chi connectivity index (χ4n) is 3.25. The van der Waals surface area contributed by atoms with Crippen LogP contribution in [0.15, 0.2) is 72.8 Å². The van der Waals surface area contributed by atoms with Crippen LogP contribution in [0.25, 0.3) is 22.4 Å². The Labute approximate surface area is 178 Å². The van der Waals surface area contributed by atoms with Gasteiger partial charge in [-0.05, 0) is 49.1 Å². The zero-order valence-electron chi connectivity index (χ0n) is 15.8. The molecule has 0 saturated heterocycles. The first-order chi connectivity index (χ1) is 12.8. The molecule has 0 saturated carbocycles. The smallest absolute Gasteiger partial charge is 0.138 e. The Hall–Kier alpha value is -2.49. The number of anilines is 1. The number of aromatic nitrogens is 2. The number of nitrogens with one attached hydrogen (secondary N) is 2. The fraction of sp³-hybridized carbons (Fsp3) is 0.174. The first-order valence-corrected chi connectivity index (χ1v) is 9.13. The van der Waals surface area contributed by atoms with Crippen LogP contribution in [-0.4, -0.2) is 16.5 Å². The largest absolute Gasteiger partial charge is 0.385 e. The van der Waals surface area contributed by atoms with Crippen molar-refractivity contribution in [1.29, 1.82) is 0 Å². The summed E-state index contributed by atoms with van der Waals surface area (Å²) >= 11 is 0. The van der Waals surface area contributed by atoms with Crippen LogP contribution in [0.5, 0.6) is 0 Å². The van der Waals surface area contributed by atoms with E-state index >= 15 is 0 Å². The van der Waals surface area contributed by atoms with Crippen molar-refractivity contribution in [3.8, 4) is 11.4 Å². The number of rotatable bonds is 6. The van der Waals surface area contributed by atoms with E-state index in [-0.39, 0.29) is 24.8 Å². The van der Waals surface area contributed by atoms with E-state index < -0.39 is 0 Å². The summed E-state index contributed by atoms with van der Waals surface area (Å²) in [5.74, 6) is 0.930.